The van der Waals surface area contributed by atoms with E-state index in [1.165, 1.54) is 12.1 Å². The van der Waals surface area contributed by atoms with Crippen LogP contribution in [0.5, 0.6) is 11.5 Å². The fourth-order valence-electron chi connectivity index (χ4n) is 3.79. The van der Waals surface area contributed by atoms with E-state index in [0.717, 1.165) is 12.1 Å². The highest BCUT2D eigenvalue weighted by Crippen LogP contribution is 2.35. The van der Waals surface area contributed by atoms with Crippen LogP contribution in [0.25, 0.3) is 28.3 Å². The topological polar surface area (TPSA) is 115 Å². The van der Waals surface area contributed by atoms with Crippen LogP contribution in [0.1, 0.15) is 11.5 Å². The molecule has 37 heavy (non-hydrogen) atoms. The lowest BCUT2D eigenvalue weighted by atomic mass is 10.2. The average Bonchev–Trinajstić information content (AvgIpc) is 3.51. The number of halogens is 2. The quantitative estimate of drug-likeness (QED) is 0.309. The van der Waals surface area contributed by atoms with Gasteiger partial charge in [0.15, 0.2) is 17.3 Å². The van der Waals surface area contributed by atoms with Gasteiger partial charge in [-0.15, -0.1) is 10.2 Å². The predicted molar refractivity (Wildman–Crippen MR) is 132 cm³/mol. The minimum atomic E-state index is -0.896. The van der Waals surface area contributed by atoms with Crippen molar-refractivity contribution in [1.29, 1.82) is 0 Å². The molecule has 11 heteroatoms. The second kappa shape index (κ2) is 9.19. The van der Waals surface area contributed by atoms with Gasteiger partial charge in [0.2, 0.25) is 17.2 Å². The molecule has 0 unspecified atom stereocenters. The number of amides is 1. The van der Waals surface area contributed by atoms with Crippen molar-refractivity contribution in [2.75, 3.05) is 5.32 Å². The monoisotopic (exact) mass is 503 g/mol. The lowest BCUT2D eigenvalue weighted by Gasteiger charge is -2.17. The normalized spacial score (nSPS) is 11.0. The smallest absolute Gasteiger partial charge is 0.264 e. The summed E-state index contributed by atoms with van der Waals surface area (Å²) in [7, 11) is 0. The van der Waals surface area contributed by atoms with Crippen molar-refractivity contribution in [1.82, 2.24) is 19.7 Å². The van der Waals surface area contributed by atoms with E-state index in [0.29, 0.717) is 40.1 Å². The molecule has 186 valence electrons. The number of aryl methyl sites for hydroxylation is 2. The van der Waals surface area contributed by atoms with Crippen LogP contribution in [0.3, 0.4) is 0 Å². The standard InChI is InChI=1S/C26H19F2N5O4/c1-4-23(34)29-16-6-8-22(37-21-7-5-15(27)9-17(21)28)19(10-16)33-12-13(2)25(35)24-20(33)11-18(30-24)26-32-31-14(3)36-26/h4-12,30H,1H2,2-3H3,(H,29,34). The molecule has 0 fully saturated rings. The van der Waals surface area contributed by atoms with Gasteiger partial charge < -0.3 is 24.0 Å². The number of aromatic amines is 1. The molecule has 2 aromatic carbocycles. The molecule has 0 spiro atoms. The molecule has 0 aliphatic rings. The third kappa shape index (κ3) is 4.49. The van der Waals surface area contributed by atoms with Crippen LogP contribution in [0.4, 0.5) is 14.5 Å². The van der Waals surface area contributed by atoms with Crippen LogP contribution in [-0.2, 0) is 4.79 Å². The minimum absolute atomic E-state index is 0.169. The van der Waals surface area contributed by atoms with E-state index in [1.807, 2.05) is 0 Å². The Morgan fingerprint density at radius 3 is 2.62 bits per heavy atom. The van der Waals surface area contributed by atoms with Crippen molar-refractivity contribution >= 4 is 22.6 Å². The Kier molecular flexibility index (Phi) is 5.88. The molecule has 0 atom stereocenters. The van der Waals surface area contributed by atoms with Crippen molar-refractivity contribution in [2.24, 2.45) is 0 Å². The molecule has 0 aliphatic heterocycles. The molecule has 0 saturated heterocycles. The number of pyridine rings is 1. The number of carbonyl (C=O) groups excluding carboxylic acids is 1. The first-order chi connectivity index (χ1) is 17.7. The molecular weight excluding hydrogens is 484 g/mol. The van der Waals surface area contributed by atoms with E-state index in [-0.39, 0.29) is 28.3 Å². The molecule has 5 aromatic rings. The van der Waals surface area contributed by atoms with Crippen LogP contribution >= 0.6 is 0 Å². The number of nitrogens with one attached hydrogen (secondary N) is 2. The molecule has 3 heterocycles. The molecule has 0 radical (unpaired) electrons. The maximum absolute atomic E-state index is 14.4. The Balaban J connectivity index is 1.73. The number of benzene rings is 2. The number of rotatable bonds is 6. The first-order valence-corrected chi connectivity index (χ1v) is 11.0. The summed E-state index contributed by atoms with van der Waals surface area (Å²) >= 11 is 0. The number of ether oxygens (including phenoxy) is 1. The number of H-pyrrole nitrogens is 1. The van der Waals surface area contributed by atoms with E-state index < -0.39 is 17.5 Å². The van der Waals surface area contributed by atoms with Crippen molar-refractivity contribution in [3.63, 3.8) is 0 Å². The van der Waals surface area contributed by atoms with Crippen LogP contribution in [0.15, 0.2) is 70.5 Å². The predicted octanol–water partition coefficient (Wildman–Crippen LogP) is 5.18. The lowest BCUT2D eigenvalue weighted by Crippen LogP contribution is -2.12. The Labute approximate surface area is 208 Å². The lowest BCUT2D eigenvalue weighted by molar-refractivity contribution is -0.111. The zero-order chi connectivity index (χ0) is 26.3. The largest absolute Gasteiger partial charge is 0.452 e. The molecule has 3 aromatic heterocycles. The fraction of sp³-hybridized carbons (Fsp3) is 0.0769. The van der Waals surface area contributed by atoms with Gasteiger partial charge in [-0.3, -0.25) is 9.59 Å². The van der Waals surface area contributed by atoms with Crippen molar-refractivity contribution in [3.05, 3.63) is 94.6 Å². The number of fused-ring (bicyclic) bond motifs is 1. The van der Waals surface area contributed by atoms with Crippen molar-refractivity contribution in [3.8, 4) is 28.8 Å². The third-order valence-corrected chi connectivity index (χ3v) is 5.51. The Hall–Kier alpha value is -5.06. The van der Waals surface area contributed by atoms with Gasteiger partial charge in [-0.1, -0.05) is 6.58 Å². The fourth-order valence-corrected chi connectivity index (χ4v) is 3.79. The van der Waals surface area contributed by atoms with E-state index in [4.69, 9.17) is 9.15 Å². The highest BCUT2D eigenvalue weighted by molar-refractivity contribution is 5.99. The van der Waals surface area contributed by atoms with Gasteiger partial charge in [0.05, 0.1) is 11.2 Å². The number of anilines is 1. The summed E-state index contributed by atoms with van der Waals surface area (Å²) in [5.74, 6) is -1.59. The molecule has 5 rings (SSSR count). The van der Waals surface area contributed by atoms with Crippen LogP contribution in [0, 0.1) is 25.5 Å². The van der Waals surface area contributed by atoms with E-state index in [9.17, 15) is 18.4 Å². The SMILES string of the molecule is C=CC(=O)Nc1ccc(Oc2ccc(F)cc2F)c(-n2cc(C)c(=O)c3[nH]c(-c4nnc(C)o4)cc32)c1. The maximum Gasteiger partial charge on any atom is 0.264 e. The summed E-state index contributed by atoms with van der Waals surface area (Å²) in [4.78, 5) is 27.9. The number of carbonyl (C=O) groups is 1. The van der Waals surface area contributed by atoms with Gasteiger partial charge in [-0.25, -0.2) is 8.78 Å². The van der Waals surface area contributed by atoms with Gasteiger partial charge in [-0.05, 0) is 49.4 Å². The summed E-state index contributed by atoms with van der Waals surface area (Å²) in [6.45, 7) is 6.73. The number of hydrogen-bond acceptors (Lipinski definition) is 6. The molecule has 0 aliphatic carbocycles. The van der Waals surface area contributed by atoms with Gasteiger partial charge in [-0.2, -0.15) is 0 Å². The first kappa shape index (κ1) is 23.7. The summed E-state index contributed by atoms with van der Waals surface area (Å²) in [5, 5.41) is 10.5. The summed E-state index contributed by atoms with van der Waals surface area (Å²) in [6.07, 6.45) is 2.70. The first-order valence-electron chi connectivity index (χ1n) is 11.0. The zero-order valence-electron chi connectivity index (χ0n) is 19.6. The van der Waals surface area contributed by atoms with Crippen molar-refractivity contribution < 1.29 is 22.7 Å². The molecule has 0 bridgehead atoms. The van der Waals surface area contributed by atoms with Gasteiger partial charge in [0.1, 0.15) is 17.0 Å². The van der Waals surface area contributed by atoms with Crippen LogP contribution < -0.4 is 15.5 Å². The second-order valence-electron chi connectivity index (χ2n) is 8.13. The molecular formula is C26H19F2N5O4. The molecule has 9 nitrogen and oxygen atoms in total. The number of hydrogen-bond donors (Lipinski definition) is 2. The van der Waals surface area contributed by atoms with Gasteiger partial charge >= 0.3 is 0 Å². The van der Waals surface area contributed by atoms with E-state index in [1.54, 1.807) is 42.8 Å². The maximum atomic E-state index is 14.4. The number of nitrogens with zero attached hydrogens (tertiary/aromatic N) is 3. The summed E-state index contributed by atoms with van der Waals surface area (Å²) in [6, 6.07) is 9.26. The Morgan fingerprint density at radius 1 is 1.14 bits per heavy atom. The summed E-state index contributed by atoms with van der Waals surface area (Å²) < 4.78 is 40.8. The third-order valence-electron chi connectivity index (χ3n) is 5.51. The van der Waals surface area contributed by atoms with Gasteiger partial charge in [0.25, 0.3) is 5.89 Å². The summed E-state index contributed by atoms with van der Waals surface area (Å²) in [5.41, 5.74) is 1.98. The highest BCUT2D eigenvalue weighted by atomic mass is 19.1. The van der Waals surface area contributed by atoms with E-state index >= 15 is 0 Å². The average molecular weight is 503 g/mol. The Morgan fingerprint density at radius 2 is 1.92 bits per heavy atom. The molecule has 0 saturated carbocycles. The highest BCUT2D eigenvalue weighted by Gasteiger charge is 2.19. The second-order valence-corrected chi connectivity index (χ2v) is 8.13. The van der Waals surface area contributed by atoms with E-state index in [2.05, 4.69) is 27.1 Å². The Bertz CT molecular complexity index is 1750. The zero-order valence-corrected chi connectivity index (χ0v) is 19.6. The molecule has 1 amide bonds. The van der Waals surface area contributed by atoms with Crippen molar-refractivity contribution in [2.45, 2.75) is 13.8 Å². The van der Waals surface area contributed by atoms with Crippen LogP contribution in [0.2, 0.25) is 0 Å². The van der Waals surface area contributed by atoms with Crippen LogP contribution in [-0.4, -0.2) is 25.7 Å². The minimum Gasteiger partial charge on any atom is -0.452 e. The van der Waals surface area contributed by atoms with Gasteiger partial charge in [0, 0.05) is 30.4 Å². The molecule has 2 N–H and O–H groups in total. The number of aromatic nitrogens is 4.